The molecule has 36 heavy (non-hydrogen) atoms. The van der Waals surface area contributed by atoms with Crippen LogP contribution in [-0.4, -0.2) is 43.4 Å². The Hall–Kier alpha value is -4.47. The van der Waals surface area contributed by atoms with Crippen molar-refractivity contribution < 1.29 is 38.4 Å². The third-order valence-corrected chi connectivity index (χ3v) is 5.53. The van der Waals surface area contributed by atoms with E-state index in [1.165, 1.54) is 34.3 Å². The van der Waals surface area contributed by atoms with Gasteiger partial charge in [0, 0.05) is 29.7 Å². The zero-order chi connectivity index (χ0) is 26.4. The number of nitrogens with one attached hydrogen (secondary N) is 1. The molecule has 0 saturated carbocycles. The fourth-order valence-corrected chi connectivity index (χ4v) is 3.97. The maximum Gasteiger partial charge on any atom is 0.343 e. The summed E-state index contributed by atoms with van der Waals surface area (Å²) in [7, 11) is 4.30. The number of ether oxygens (including phenoxy) is 3. The number of amides is 1. The number of carbonyl (C=O) groups excluding carboxylic acids is 1. The lowest BCUT2D eigenvalue weighted by Crippen LogP contribution is -2.21. The molecule has 0 aliphatic carbocycles. The van der Waals surface area contributed by atoms with Gasteiger partial charge in [0.05, 0.1) is 33.3 Å². The third kappa shape index (κ3) is 5.77. The van der Waals surface area contributed by atoms with Crippen LogP contribution < -0.4 is 25.2 Å². The molecule has 0 radical (unpaired) electrons. The maximum absolute atomic E-state index is 13.1. The van der Waals surface area contributed by atoms with Crippen molar-refractivity contribution in [1.82, 2.24) is 0 Å². The Morgan fingerprint density at radius 2 is 1.67 bits per heavy atom. The number of aromatic hydroxyl groups is 1. The van der Waals surface area contributed by atoms with Crippen LogP contribution in [0.4, 0.5) is 5.69 Å². The van der Waals surface area contributed by atoms with E-state index in [2.05, 4.69) is 5.32 Å². The lowest BCUT2D eigenvalue weighted by atomic mass is 9.87. The molecule has 1 aromatic heterocycles. The zero-order valence-electron chi connectivity index (χ0n) is 20.3. The van der Waals surface area contributed by atoms with Crippen LogP contribution in [0.25, 0.3) is 0 Å². The number of carbonyl (C=O) groups is 2. The van der Waals surface area contributed by atoms with Crippen LogP contribution in [-0.2, 0) is 16.0 Å². The summed E-state index contributed by atoms with van der Waals surface area (Å²) in [6.45, 7) is 1.53. The number of rotatable bonds is 10. The van der Waals surface area contributed by atoms with E-state index in [1.807, 2.05) is 0 Å². The topological polar surface area (TPSA) is 145 Å². The fourth-order valence-electron chi connectivity index (χ4n) is 3.97. The van der Waals surface area contributed by atoms with Gasteiger partial charge in [-0.05, 0) is 30.7 Å². The van der Waals surface area contributed by atoms with Crippen molar-refractivity contribution in [3.63, 3.8) is 0 Å². The molecule has 1 heterocycles. The predicted octanol–water partition coefficient (Wildman–Crippen LogP) is 3.47. The number of anilines is 1. The maximum atomic E-state index is 13.1. The molecule has 3 rings (SSSR count). The monoisotopic (exact) mass is 497 g/mol. The number of hydrogen-bond acceptors (Lipinski definition) is 8. The first-order valence-electron chi connectivity index (χ1n) is 10.9. The van der Waals surface area contributed by atoms with Crippen molar-refractivity contribution in [3.8, 4) is 23.0 Å². The van der Waals surface area contributed by atoms with Crippen LogP contribution in [0.15, 0.2) is 51.7 Å². The summed E-state index contributed by atoms with van der Waals surface area (Å²) >= 11 is 0. The van der Waals surface area contributed by atoms with E-state index >= 15 is 0 Å². The summed E-state index contributed by atoms with van der Waals surface area (Å²) < 4.78 is 21.6. The van der Waals surface area contributed by atoms with Crippen molar-refractivity contribution in [2.24, 2.45) is 0 Å². The van der Waals surface area contributed by atoms with Gasteiger partial charge in [-0.3, -0.25) is 9.59 Å². The van der Waals surface area contributed by atoms with E-state index in [9.17, 15) is 19.5 Å². The highest BCUT2D eigenvalue weighted by Gasteiger charge is 2.30. The minimum absolute atomic E-state index is 0.113. The first kappa shape index (κ1) is 26.1. The number of aryl methyl sites for hydroxylation is 1. The second-order valence-corrected chi connectivity index (χ2v) is 7.94. The predicted molar refractivity (Wildman–Crippen MR) is 130 cm³/mol. The molecule has 2 aromatic carbocycles. The normalized spacial score (nSPS) is 11.4. The highest BCUT2D eigenvalue weighted by molar-refractivity contribution is 5.92. The molecule has 0 bridgehead atoms. The van der Waals surface area contributed by atoms with Gasteiger partial charge in [0.2, 0.25) is 11.7 Å². The first-order chi connectivity index (χ1) is 17.2. The highest BCUT2D eigenvalue weighted by Crippen LogP contribution is 2.46. The third-order valence-electron chi connectivity index (χ3n) is 5.53. The number of carboxylic acid groups (broad SMARTS) is 1. The number of aliphatic carboxylic acids is 1. The van der Waals surface area contributed by atoms with Crippen molar-refractivity contribution in [2.45, 2.75) is 25.7 Å². The van der Waals surface area contributed by atoms with Crippen molar-refractivity contribution >= 4 is 17.6 Å². The molecule has 0 unspecified atom stereocenters. The average molecular weight is 498 g/mol. The van der Waals surface area contributed by atoms with Gasteiger partial charge in [-0.15, -0.1) is 0 Å². The summed E-state index contributed by atoms with van der Waals surface area (Å²) in [6.07, 6.45) is -0.401. The Balaban J connectivity index is 2.03. The van der Waals surface area contributed by atoms with E-state index in [1.54, 1.807) is 36.4 Å². The molecule has 0 aliphatic heterocycles. The van der Waals surface area contributed by atoms with Crippen LogP contribution in [0.3, 0.4) is 0 Å². The standard InChI is InChI=1S/C26H27NO9/c1-14-11-19(28)23(26(32)36-14)18(17-9-10-20(33-2)25(35-4)24(17)34-3)13-21(29)27-16-7-5-15(6-8-16)12-22(30)31/h5-11,18,28H,12-13H2,1-4H3,(H,27,29)(H,30,31)/t18-/m1/s1. The van der Waals surface area contributed by atoms with Gasteiger partial charge in [-0.25, -0.2) is 4.79 Å². The first-order valence-corrected chi connectivity index (χ1v) is 10.9. The average Bonchev–Trinajstić information content (AvgIpc) is 2.82. The molecule has 1 atom stereocenters. The largest absolute Gasteiger partial charge is 0.507 e. The van der Waals surface area contributed by atoms with Gasteiger partial charge in [0.25, 0.3) is 0 Å². The van der Waals surface area contributed by atoms with Crippen molar-refractivity contribution in [3.05, 3.63) is 75.3 Å². The van der Waals surface area contributed by atoms with E-state index in [0.29, 0.717) is 22.6 Å². The number of methoxy groups -OCH3 is 3. The van der Waals surface area contributed by atoms with E-state index < -0.39 is 23.4 Å². The second-order valence-electron chi connectivity index (χ2n) is 7.94. The Bertz CT molecular complexity index is 1310. The van der Waals surface area contributed by atoms with Gasteiger partial charge in [0.15, 0.2) is 11.5 Å². The van der Waals surface area contributed by atoms with Gasteiger partial charge in [-0.1, -0.05) is 18.2 Å². The van der Waals surface area contributed by atoms with E-state index in [-0.39, 0.29) is 41.4 Å². The summed E-state index contributed by atoms with van der Waals surface area (Å²) in [5.74, 6) is -1.65. The minimum atomic E-state index is -0.970. The fraction of sp³-hybridized carbons (Fsp3) is 0.269. The van der Waals surface area contributed by atoms with Crippen LogP contribution >= 0.6 is 0 Å². The SMILES string of the molecule is COc1ccc([C@@H](CC(=O)Nc2ccc(CC(=O)O)cc2)c2c(O)cc(C)oc2=O)c(OC)c1OC. The molecule has 10 heteroatoms. The second kappa shape index (κ2) is 11.3. The Labute approximate surface area is 207 Å². The lowest BCUT2D eigenvalue weighted by Gasteiger charge is -2.22. The molecular formula is C26H27NO9. The number of benzene rings is 2. The molecule has 190 valence electrons. The van der Waals surface area contributed by atoms with Crippen molar-refractivity contribution in [2.75, 3.05) is 26.6 Å². The molecule has 1 amide bonds. The summed E-state index contributed by atoms with van der Waals surface area (Å²) in [6, 6.07) is 10.9. The van der Waals surface area contributed by atoms with Gasteiger partial charge >= 0.3 is 11.6 Å². The van der Waals surface area contributed by atoms with Crippen LogP contribution in [0, 0.1) is 6.92 Å². The summed E-state index contributed by atoms with van der Waals surface area (Å²) in [4.78, 5) is 36.8. The molecule has 3 N–H and O–H groups in total. The molecule has 10 nitrogen and oxygen atoms in total. The van der Waals surface area contributed by atoms with Crippen LogP contribution in [0.1, 0.15) is 34.8 Å². The number of hydrogen-bond donors (Lipinski definition) is 3. The quantitative estimate of drug-likeness (QED) is 0.383. The van der Waals surface area contributed by atoms with Crippen LogP contribution in [0.2, 0.25) is 0 Å². The molecular weight excluding hydrogens is 470 g/mol. The highest BCUT2D eigenvalue weighted by atomic mass is 16.5. The molecule has 3 aromatic rings. The Morgan fingerprint density at radius 1 is 1.00 bits per heavy atom. The number of carboxylic acids is 1. The molecule has 0 spiro atoms. The van der Waals surface area contributed by atoms with Gasteiger partial charge in [-0.2, -0.15) is 0 Å². The molecule has 0 saturated heterocycles. The zero-order valence-corrected chi connectivity index (χ0v) is 20.3. The van der Waals surface area contributed by atoms with Crippen molar-refractivity contribution in [1.29, 1.82) is 0 Å². The lowest BCUT2D eigenvalue weighted by molar-refractivity contribution is -0.136. The van der Waals surface area contributed by atoms with Gasteiger partial charge in [0.1, 0.15) is 11.5 Å². The van der Waals surface area contributed by atoms with Crippen LogP contribution in [0.5, 0.6) is 23.0 Å². The van der Waals surface area contributed by atoms with E-state index in [4.69, 9.17) is 23.7 Å². The summed E-state index contributed by atoms with van der Waals surface area (Å²) in [5.41, 5.74) is 0.509. The smallest absolute Gasteiger partial charge is 0.343 e. The Morgan fingerprint density at radius 3 is 2.22 bits per heavy atom. The molecule has 0 fully saturated rings. The minimum Gasteiger partial charge on any atom is -0.507 e. The Kier molecular flexibility index (Phi) is 8.21. The summed E-state index contributed by atoms with van der Waals surface area (Å²) in [5, 5.41) is 22.3. The van der Waals surface area contributed by atoms with E-state index in [0.717, 1.165) is 0 Å². The van der Waals surface area contributed by atoms with Gasteiger partial charge < -0.3 is 34.2 Å². The molecule has 0 aliphatic rings.